The number of rotatable bonds is 9. The van der Waals surface area contributed by atoms with Gasteiger partial charge in [-0.25, -0.2) is 0 Å². The minimum absolute atomic E-state index is 0.0350. The van der Waals surface area contributed by atoms with E-state index in [-0.39, 0.29) is 18.6 Å². The van der Waals surface area contributed by atoms with Gasteiger partial charge in [0.2, 0.25) is 3.79 Å². The number of carboxylic acids is 1. The Labute approximate surface area is 184 Å². The Kier molecular flexibility index (Phi) is 8.76. The number of Topliss-reactive ketones (excluding diaryl/α,β-unsaturated/α-hetero) is 1. The molecular weight excluding hydrogens is 441 g/mol. The van der Waals surface area contributed by atoms with E-state index >= 15 is 0 Å². The molecule has 1 saturated carbocycles. The highest BCUT2D eigenvalue weighted by atomic mass is 35.6. The fourth-order valence-electron chi connectivity index (χ4n) is 3.48. The van der Waals surface area contributed by atoms with Crippen LogP contribution in [0.5, 0.6) is 0 Å². The van der Waals surface area contributed by atoms with Crippen LogP contribution in [0.4, 0.5) is 0 Å². The average Bonchev–Trinajstić information content (AvgIpc) is 2.69. The lowest BCUT2D eigenvalue weighted by molar-refractivity contribution is -0.155. The van der Waals surface area contributed by atoms with E-state index in [4.69, 9.17) is 39.5 Å². The lowest BCUT2D eigenvalue weighted by atomic mass is 9.80. The van der Waals surface area contributed by atoms with Gasteiger partial charge < -0.3 is 9.84 Å². The van der Waals surface area contributed by atoms with Gasteiger partial charge in [-0.3, -0.25) is 19.7 Å². The van der Waals surface area contributed by atoms with Crippen molar-refractivity contribution in [3.63, 3.8) is 0 Å². The normalized spacial score (nSPS) is 17.3. The Morgan fingerprint density at radius 3 is 2.28 bits per heavy atom. The summed E-state index contributed by atoms with van der Waals surface area (Å²) in [6, 6.07) is 7.58. The fraction of sp³-hybridized carbons (Fsp3) is 0.550. The van der Waals surface area contributed by atoms with Crippen LogP contribution in [0, 0.1) is 0 Å². The molecule has 0 heterocycles. The van der Waals surface area contributed by atoms with Crippen molar-refractivity contribution in [2.75, 3.05) is 6.61 Å². The third-order valence-corrected chi connectivity index (χ3v) is 5.30. The molecule has 6 nitrogen and oxygen atoms in total. The summed E-state index contributed by atoms with van der Waals surface area (Å²) in [5, 5.41) is 12.6. The predicted molar refractivity (Wildman–Crippen MR) is 112 cm³/mol. The molecule has 1 fully saturated rings. The highest BCUT2D eigenvalue weighted by molar-refractivity contribution is 6.67. The van der Waals surface area contributed by atoms with Gasteiger partial charge in [-0.05, 0) is 19.3 Å². The maximum atomic E-state index is 12.8. The Morgan fingerprint density at radius 1 is 1.10 bits per heavy atom. The molecule has 0 bridgehead atoms. The molecule has 2 N–H and O–H groups in total. The zero-order valence-corrected chi connectivity index (χ0v) is 18.1. The van der Waals surface area contributed by atoms with Gasteiger partial charge in [0.25, 0.3) is 0 Å². The molecule has 0 aliphatic heterocycles. The first-order valence-electron chi connectivity index (χ1n) is 9.46. The molecule has 0 aromatic heterocycles. The number of esters is 1. The molecule has 1 aromatic carbocycles. The van der Waals surface area contributed by atoms with Crippen LogP contribution in [0.2, 0.25) is 0 Å². The van der Waals surface area contributed by atoms with E-state index in [1.165, 1.54) is 0 Å². The number of carbonyl (C=O) groups is 3. The topological polar surface area (TPSA) is 92.7 Å². The summed E-state index contributed by atoms with van der Waals surface area (Å²) in [5.41, 5.74) is -0.654. The third-order valence-electron chi connectivity index (χ3n) is 4.97. The van der Waals surface area contributed by atoms with Crippen LogP contribution in [-0.2, 0) is 14.3 Å². The van der Waals surface area contributed by atoms with Crippen molar-refractivity contribution in [3.05, 3.63) is 35.9 Å². The highest BCUT2D eigenvalue weighted by Gasteiger charge is 2.44. The standard InChI is InChI=1S/C20H24Cl3NO5/c21-20(22,23)13-29-18(28)19(11-5-2-6-12-19)24-15(17(26)27)9-10-16(25)14-7-3-1-4-8-14/h1,3-4,7-8,15,24H,2,5-6,9-13H2,(H,26,27). The molecule has 9 heteroatoms. The van der Waals surface area contributed by atoms with Gasteiger partial charge in [0.1, 0.15) is 18.2 Å². The summed E-state index contributed by atoms with van der Waals surface area (Å²) in [4.78, 5) is 36.9. The van der Waals surface area contributed by atoms with Crippen LogP contribution in [0.25, 0.3) is 0 Å². The van der Waals surface area contributed by atoms with Crippen molar-refractivity contribution in [2.45, 2.75) is 60.3 Å². The molecule has 1 atom stereocenters. The number of halogens is 3. The lowest BCUT2D eigenvalue weighted by Crippen LogP contribution is -2.59. The van der Waals surface area contributed by atoms with Gasteiger partial charge in [-0.2, -0.15) is 0 Å². The van der Waals surface area contributed by atoms with E-state index in [2.05, 4.69) is 5.32 Å². The van der Waals surface area contributed by atoms with Crippen molar-refractivity contribution in [1.29, 1.82) is 0 Å². The maximum Gasteiger partial charge on any atom is 0.326 e. The average molecular weight is 465 g/mol. The summed E-state index contributed by atoms with van der Waals surface area (Å²) in [5.74, 6) is -1.93. The monoisotopic (exact) mass is 463 g/mol. The van der Waals surface area contributed by atoms with E-state index in [9.17, 15) is 19.5 Å². The van der Waals surface area contributed by atoms with Gasteiger partial charge >= 0.3 is 11.9 Å². The first kappa shape index (κ1) is 23.9. The molecular formula is C20H24Cl3NO5. The molecule has 1 unspecified atom stereocenters. The summed E-state index contributed by atoms with van der Waals surface area (Å²) >= 11 is 17.0. The second-order valence-electron chi connectivity index (χ2n) is 7.20. The Balaban J connectivity index is 2.08. The molecule has 29 heavy (non-hydrogen) atoms. The molecule has 0 saturated heterocycles. The van der Waals surface area contributed by atoms with E-state index in [0.29, 0.717) is 18.4 Å². The van der Waals surface area contributed by atoms with Crippen molar-refractivity contribution >= 4 is 52.5 Å². The van der Waals surface area contributed by atoms with Crippen LogP contribution in [0.15, 0.2) is 30.3 Å². The highest BCUT2D eigenvalue weighted by Crippen LogP contribution is 2.32. The summed E-state index contributed by atoms with van der Waals surface area (Å²) in [6.07, 6.45) is 3.34. The van der Waals surface area contributed by atoms with Crippen LogP contribution < -0.4 is 5.32 Å². The molecule has 0 radical (unpaired) electrons. The number of carboxylic acid groups (broad SMARTS) is 1. The summed E-state index contributed by atoms with van der Waals surface area (Å²) < 4.78 is 3.42. The van der Waals surface area contributed by atoms with E-state index in [0.717, 1.165) is 19.3 Å². The molecule has 1 aromatic rings. The molecule has 2 rings (SSSR count). The third kappa shape index (κ3) is 7.45. The van der Waals surface area contributed by atoms with Gasteiger partial charge in [0.05, 0.1) is 0 Å². The maximum absolute atomic E-state index is 12.8. The molecule has 0 spiro atoms. The van der Waals surface area contributed by atoms with Crippen molar-refractivity contribution in [1.82, 2.24) is 5.32 Å². The van der Waals surface area contributed by atoms with Crippen molar-refractivity contribution in [2.24, 2.45) is 0 Å². The second kappa shape index (κ2) is 10.6. The molecule has 0 amide bonds. The van der Waals surface area contributed by atoms with E-state index in [1.54, 1.807) is 30.3 Å². The zero-order valence-electron chi connectivity index (χ0n) is 15.8. The van der Waals surface area contributed by atoms with Gasteiger partial charge in [-0.15, -0.1) is 0 Å². The number of carbonyl (C=O) groups excluding carboxylic acids is 2. The molecule has 160 valence electrons. The van der Waals surface area contributed by atoms with Crippen molar-refractivity contribution < 1.29 is 24.2 Å². The number of alkyl halides is 3. The SMILES string of the molecule is O=C(CCC(NC1(C(=O)OCC(Cl)(Cl)Cl)CCCCC1)C(=O)O)c1ccccc1. The Morgan fingerprint density at radius 2 is 1.72 bits per heavy atom. The quantitative estimate of drug-likeness (QED) is 0.321. The molecule has 1 aliphatic carbocycles. The number of benzene rings is 1. The first-order valence-corrected chi connectivity index (χ1v) is 10.6. The number of hydrogen-bond acceptors (Lipinski definition) is 5. The van der Waals surface area contributed by atoms with E-state index in [1.807, 2.05) is 0 Å². The number of ether oxygens (including phenoxy) is 1. The second-order valence-corrected chi connectivity index (χ2v) is 9.71. The van der Waals surface area contributed by atoms with Gasteiger partial charge in [0.15, 0.2) is 5.78 Å². The number of ketones is 1. The van der Waals surface area contributed by atoms with E-state index < -0.39 is 33.9 Å². The molecule has 1 aliphatic rings. The smallest absolute Gasteiger partial charge is 0.326 e. The lowest BCUT2D eigenvalue weighted by Gasteiger charge is -2.38. The zero-order chi connectivity index (χ0) is 21.5. The number of aliphatic carboxylic acids is 1. The largest absolute Gasteiger partial charge is 0.480 e. The minimum Gasteiger partial charge on any atom is -0.480 e. The predicted octanol–water partition coefficient (Wildman–Crippen LogP) is 4.31. The van der Waals surface area contributed by atoms with Gasteiger partial charge in [-0.1, -0.05) is 84.4 Å². The number of hydrogen-bond donors (Lipinski definition) is 2. The van der Waals surface area contributed by atoms with Gasteiger partial charge in [0, 0.05) is 12.0 Å². The minimum atomic E-state index is -1.75. The van der Waals surface area contributed by atoms with Crippen LogP contribution in [-0.4, -0.2) is 44.8 Å². The number of nitrogens with one attached hydrogen (secondary N) is 1. The van der Waals surface area contributed by atoms with Crippen LogP contribution >= 0.6 is 34.8 Å². The summed E-state index contributed by atoms with van der Waals surface area (Å²) in [6.45, 7) is -0.426. The fourth-order valence-corrected chi connectivity index (χ4v) is 3.65. The summed E-state index contributed by atoms with van der Waals surface area (Å²) in [7, 11) is 0. The van der Waals surface area contributed by atoms with Crippen LogP contribution in [0.3, 0.4) is 0 Å². The van der Waals surface area contributed by atoms with Crippen LogP contribution in [0.1, 0.15) is 55.3 Å². The first-order chi connectivity index (χ1) is 13.6. The Bertz CT molecular complexity index is 715. The Hall–Kier alpha value is -1.34. The van der Waals surface area contributed by atoms with Crippen molar-refractivity contribution in [3.8, 4) is 0 Å².